The number of thioether (sulfide) groups is 1. The summed E-state index contributed by atoms with van der Waals surface area (Å²) in [6.45, 7) is 3.74. The minimum absolute atomic E-state index is 0.0893. The molecule has 0 saturated heterocycles. The lowest BCUT2D eigenvalue weighted by atomic mass is 10.2. The first-order valence-electron chi connectivity index (χ1n) is 10.1. The van der Waals surface area contributed by atoms with Gasteiger partial charge in [-0.3, -0.25) is 24.5 Å². The average Bonchev–Trinajstić information content (AvgIpc) is 3.23. The number of para-hydroxylation sites is 1. The third-order valence-electron chi connectivity index (χ3n) is 4.89. The number of carbonyl (C=O) groups is 1. The van der Waals surface area contributed by atoms with Crippen molar-refractivity contribution in [1.29, 1.82) is 0 Å². The van der Waals surface area contributed by atoms with Crippen LogP contribution in [0.3, 0.4) is 0 Å². The highest BCUT2D eigenvalue weighted by Crippen LogP contribution is 2.31. The van der Waals surface area contributed by atoms with E-state index in [1.54, 1.807) is 25.4 Å². The van der Waals surface area contributed by atoms with E-state index in [2.05, 4.69) is 20.5 Å². The maximum atomic E-state index is 12.8. The highest BCUT2D eigenvalue weighted by molar-refractivity contribution is 8.00. The molecule has 0 unspecified atom stereocenters. The smallest absolute Gasteiger partial charge is 0.271 e. The fraction of sp³-hybridized carbons (Fsp3) is 0.130. The van der Waals surface area contributed by atoms with Crippen molar-refractivity contribution in [1.82, 2.24) is 19.7 Å². The van der Waals surface area contributed by atoms with E-state index in [0.717, 1.165) is 16.8 Å². The van der Waals surface area contributed by atoms with E-state index in [9.17, 15) is 14.9 Å². The zero-order chi connectivity index (χ0) is 23.4. The van der Waals surface area contributed by atoms with Crippen LogP contribution < -0.4 is 5.32 Å². The summed E-state index contributed by atoms with van der Waals surface area (Å²) in [5, 5.41) is 22.5. The Morgan fingerprint density at radius 1 is 1.12 bits per heavy atom. The van der Waals surface area contributed by atoms with Gasteiger partial charge in [-0.2, -0.15) is 0 Å². The van der Waals surface area contributed by atoms with Crippen molar-refractivity contribution in [2.45, 2.75) is 24.3 Å². The molecular formula is C23H20N6O3S. The van der Waals surface area contributed by atoms with Crippen molar-refractivity contribution >= 4 is 29.0 Å². The normalized spacial score (nSPS) is 11.7. The molecule has 4 rings (SSSR count). The second kappa shape index (κ2) is 9.61. The highest BCUT2D eigenvalue weighted by atomic mass is 32.2. The topological polar surface area (TPSA) is 116 Å². The van der Waals surface area contributed by atoms with Crippen molar-refractivity contribution in [3.63, 3.8) is 0 Å². The zero-order valence-corrected chi connectivity index (χ0v) is 18.7. The second-order valence-corrected chi connectivity index (χ2v) is 8.53. The predicted molar refractivity (Wildman–Crippen MR) is 126 cm³/mol. The zero-order valence-electron chi connectivity index (χ0n) is 17.9. The molecule has 9 nitrogen and oxygen atoms in total. The van der Waals surface area contributed by atoms with Crippen LogP contribution in [0.4, 0.5) is 11.4 Å². The number of nitro benzene ring substituents is 1. The second-order valence-electron chi connectivity index (χ2n) is 7.23. The standard InChI is InChI=1S/C23H20N6O3S/c1-15-7-3-4-11-20(15)28-21(17-8-6-12-24-14-17)26-27-23(28)33-16(2)22(30)25-18-9-5-10-19(13-18)29(31)32/h3-14,16H,1-2H3,(H,25,30)/t16-/m0/s1. The predicted octanol–water partition coefficient (Wildman–Crippen LogP) is 4.67. The number of nitrogens with zero attached hydrogens (tertiary/aromatic N) is 5. The number of benzene rings is 2. The number of non-ortho nitro benzene ring substituents is 1. The molecule has 33 heavy (non-hydrogen) atoms. The van der Waals surface area contributed by atoms with Crippen LogP contribution in [0.15, 0.2) is 78.2 Å². The number of amides is 1. The van der Waals surface area contributed by atoms with Crippen LogP contribution in [0.2, 0.25) is 0 Å². The van der Waals surface area contributed by atoms with Crippen molar-refractivity contribution in [2.75, 3.05) is 5.32 Å². The van der Waals surface area contributed by atoms with Crippen molar-refractivity contribution in [2.24, 2.45) is 0 Å². The van der Waals surface area contributed by atoms with Crippen molar-refractivity contribution in [3.8, 4) is 17.1 Å². The van der Waals surface area contributed by atoms with E-state index >= 15 is 0 Å². The lowest BCUT2D eigenvalue weighted by molar-refractivity contribution is -0.384. The summed E-state index contributed by atoms with van der Waals surface area (Å²) in [5.41, 5.74) is 2.99. The third kappa shape index (κ3) is 4.90. The molecule has 2 heterocycles. The first kappa shape index (κ1) is 22.2. The fourth-order valence-corrected chi connectivity index (χ4v) is 4.07. The molecule has 2 aromatic carbocycles. The third-order valence-corrected chi connectivity index (χ3v) is 5.93. The van der Waals surface area contributed by atoms with E-state index in [-0.39, 0.29) is 11.6 Å². The van der Waals surface area contributed by atoms with Gasteiger partial charge in [-0.25, -0.2) is 0 Å². The first-order valence-corrected chi connectivity index (χ1v) is 11.0. The van der Waals surface area contributed by atoms with E-state index in [0.29, 0.717) is 16.7 Å². The van der Waals surface area contributed by atoms with E-state index < -0.39 is 10.2 Å². The molecule has 0 bridgehead atoms. The van der Waals surface area contributed by atoms with Gasteiger partial charge in [-0.05, 0) is 43.7 Å². The fourth-order valence-electron chi connectivity index (χ4n) is 3.21. The summed E-state index contributed by atoms with van der Waals surface area (Å²) in [7, 11) is 0. The number of nitro groups is 1. The van der Waals surface area contributed by atoms with E-state index in [1.807, 2.05) is 47.9 Å². The lowest BCUT2D eigenvalue weighted by Crippen LogP contribution is -2.23. The van der Waals surface area contributed by atoms with Gasteiger partial charge in [-0.1, -0.05) is 36.0 Å². The van der Waals surface area contributed by atoms with Gasteiger partial charge >= 0.3 is 0 Å². The minimum atomic E-state index is -0.544. The number of hydrogen-bond donors (Lipinski definition) is 1. The molecule has 10 heteroatoms. The van der Waals surface area contributed by atoms with Gasteiger partial charge in [-0.15, -0.1) is 10.2 Å². The van der Waals surface area contributed by atoms with Crippen LogP contribution in [0.5, 0.6) is 0 Å². The Hall–Kier alpha value is -4.05. The Kier molecular flexibility index (Phi) is 6.45. The van der Waals surface area contributed by atoms with Gasteiger partial charge in [0.1, 0.15) is 0 Å². The van der Waals surface area contributed by atoms with Gasteiger partial charge in [0.25, 0.3) is 5.69 Å². The highest BCUT2D eigenvalue weighted by Gasteiger charge is 2.23. The number of pyridine rings is 1. The number of nitrogens with one attached hydrogen (secondary N) is 1. The largest absolute Gasteiger partial charge is 0.325 e. The molecule has 0 fully saturated rings. The number of aromatic nitrogens is 4. The molecular weight excluding hydrogens is 440 g/mol. The molecule has 1 amide bonds. The van der Waals surface area contributed by atoms with Crippen molar-refractivity contribution in [3.05, 3.63) is 88.7 Å². The molecule has 1 N–H and O–H groups in total. The lowest BCUT2D eigenvalue weighted by Gasteiger charge is -2.15. The van der Waals surface area contributed by atoms with E-state index in [4.69, 9.17) is 0 Å². The monoisotopic (exact) mass is 460 g/mol. The summed E-state index contributed by atoms with van der Waals surface area (Å²) >= 11 is 1.25. The summed E-state index contributed by atoms with van der Waals surface area (Å²) in [4.78, 5) is 27.5. The molecule has 1 atom stereocenters. The Morgan fingerprint density at radius 3 is 2.67 bits per heavy atom. The molecule has 0 spiro atoms. The molecule has 2 aromatic heterocycles. The van der Waals surface area contributed by atoms with Crippen LogP contribution in [-0.2, 0) is 4.79 Å². The molecule has 0 aliphatic rings. The summed E-state index contributed by atoms with van der Waals surface area (Å²) < 4.78 is 1.91. The Balaban J connectivity index is 1.63. The first-order chi connectivity index (χ1) is 15.9. The van der Waals surface area contributed by atoms with Gasteiger partial charge < -0.3 is 5.32 Å². The maximum absolute atomic E-state index is 12.8. The molecule has 0 saturated carbocycles. The molecule has 4 aromatic rings. The van der Waals surface area contributed by atoms with Crippen LogP contribution in [0, 0.1) is 17.0 Å². The maximum Gasteiger partial charge on any atom is 0.271 e. The number of anilines is 1. The molecule has 0 aliphatic carbocycles. The Morgan fingerprint density at radius 2 is 1.94 bits per heavy atom. The number of carbonyl (C=O) groups excluding carboxylic acids is 1. The number of hydrogen-bond acceptors (Lipinski definition) is 7. The molecule has 0 aliphatic heterocycles. The van der Waals surface area contributed by atoms with Gasteiger partial charge in [0, 0.05) is 35.8 Å². The number of aryl methyl sites for hydroxylation is 1. The Labute approximate surface area is 194 Å². The van der Waals surface area contributed by atoms with Gasteiger partial charge in [0.2, 0.25) is 5.91 Å². The van der Waals surface area contributed by atoms with Gasteiger partial charge in [0.15, 0.2) is 11.0 Å². The number of rotatable bonds is 7. The van der Waals surface area contributed by atoms with Crippen LogP contribution in [-0.4, -0.2) is 35.8 Å². The van der Waals surface area contributed by atoms with E-state index in [1.165, 1.54) is 30.0 Å². The summed E-state index contributed by atoms with van der Waals surface area (Å²) in [6.07, 6.45) is 3.40. The quantitative estimate of drug-likeness (QED) is 0.242. The summed E-state index contributed by atoms with van der Waals surface area (Å²) in [5.74, 6) is 0.314. The minimum Gasteiger partial charge on any atom is -0.325 e. The van der Waals surface area contributed by atoms with Crippen LogP contribution in [0.1, 0.15) is 12.5 Å². The molecule has 0 radical (unpaired) electrons. The van der Waals surface area contributed by atoms with Crippen LogP contribution >= 0.6 is 11.8 Å². The average molecular weight is 461 g/mol. The van der Waals surface area contributed by atoms with Gasteiger partial charge in [0.05, 0.1) is 15.9 Å². The molecule has 166 valence electrons. The summed E-state index contributed by atoms with van der Waals surface area (Å²) in [6, 6.07) is 17.4. The van der Waals surface area contributed by atoms with Crippen LogP contribution in [0.25, 0.3) is 17.1 Å². The SMILES string of the molecule is Cc1ccccc1-n1c(S[C@@H](C)C(=O)Nc2cccc([N+](=O)[O-])c2)nnc1-c1cccnc1. The van der Waals surface area contributed by atoms with Crippen molar-refractivity contribution < 1.29 is 9.72 Å². The Bertz CT molecular complexity index is 1310.